The van der Waals surface area contributed by atoms with E-state index in [-0.39, 0.29) is 6.61 Å². The van der Waals surface area contributed by atoms with Crippen molar-refractivity contribution >= 4 is 17.5 Å². The number of aryl methyl sites for hydroxylation is 1. The molecule has 0 bridgehead atoms. The summed E-state index contributed by atoms with van der Waals surface area (Å²) in [5.41, 5.74) is 0.571. The first-order valence-electron chi connectivity index (χ1n) is 3.15. The summed E-state index contributed by atoms with van der Waals surface area (Å²) in [6.45, 7) is 1.67. The highest BCUT2D eigenvalue weighted by Crippen LogP contribution is 2.09. The number of ether oxygens (including phenoxy) is 1. The minimum atomic E-state index is -0.458. The second-order valence-electron chi connectivity index (χ2n) is 1.97. The zero-order valence-corrected chi connectivity index (χ0v) is 7.22. The fourth-order valence-corrected chi connectivity index (χ4v) is 1.14. The summed E-state index contributed by atoms with van der Waals surface area (Å²) in [6, 6.07) is 0. The predicted molar refractivity (Wildman–Crippen MR) is 43.8 cm³/mol. The van der Waals surface area contributed by atoms with E-state index in [1.165, 1.54) is 0 Å². The standard InChI is InChI=1S/C7H6N2O2S/c1-3-4-11-7(10)6-5(2)8-9-12-6/h1H,4H2,2H3. The molecule has 1 rings (SSSR count). The van der Waals surface area contributed by atoms with Crippen LogP contribution in [0.3, 0.4) is 0 Å². The van der Waals surface area contributed by atoms with Gasteiger partial charge in [-0.05, 0) is 18.5 Å². The number of nitrogens with zero attached hydrogens (tertiary/aromatic N) is 2. The van der Waals surface area contributed by atoms with Gasteiger partial charge in [-0.2, -0.15) is 0 Å². The smallest absolute Gasteiger partial charge is 0.352 e. The molecule has 4 nitrogen and oxygen atoms in total. The maximum atomic E-state index is 11.1. The number of terminal acetylenes is 1. The zero-order chi connectivity index (χ0) is 8.97. The Bertz CT molecular complexity index is 326. The molecule has 0 fully saturated rings. The van der Waals surface area contributed by atoms with E-state index in [0.717, 1.165) is 11.5 Å². The Hall–Kier alpha value is -1.41. The van der Waals surface area contributed by atoms with Gasteiger partial charge in [0.25, 0.3) is 0 Å². The molecule has 1 heterocycles. The van der Waals surface area contributed by atoms with Crippen molar-refractivity contribution in [1.29, 1.82) is 0 Å². The summed E-state index contributed by atoms with van der Waals surface area (Å²) in [7, 11) is 0. The highest BCUT2D eigenvalue weighted by atomic mass is 32.1. The lowest BCUT2D eigenvalue weighted by molar-refractivity contribution is 0.0561. The van der Waals surface area contributed by atoms with Crippen molar-refractivity contribution < 1.29 is 9.53 Å². The average molecular weight is 182 g/mol. The zero-order valence-electron chi connectivity index (χ0n) is 6.40. The van der Waals surface area contributed by atoms with E-state index in [0.29, 0.717) is 10.6 Å². The number of rotatable bonds is 2. The molecule has 0 unspecified atom stereocenters. The van der Waals surface area contributed by atoms with E-state index in [9.17, 15) is 4.79 Å². The van der Waals surface area contributed by atoms with Crippen LogP contribution in [0.1, 0.15) is 15.4 Å². The Balaban J connectivity index is 2.67. The monoisotopic (exact) mass is 182 g/mol. The number of hydrogen-bond acceptors (Lipinski definition) is 5. The molecule has 1 aromatic heterocycles. The van der Waals surface area contributed by atoms with Crippen molar-refractivity contribution in [2.45, 2.75) is 6.92 Å². The highest BCUT2D eigenvalue weighted by molar-refractivity contribution is 7.07. The lowest BCUT2D eigenvalue weighted by Gasteiger charge is -1.95. The van der Waals surface area contributed by atoms with Gasteiger partial charge in [-0.25, -0.2) is 4.79 Å². The normalized spacial score (nSPS) is 9.00. The van der Waals surface area contributed by atoms with Gasteiger partial charge in [0.05, 0.1) is 5.69 Å². The molecule has 0 aliphatic carbocycles. The maximum absolute atomic E-state index is 11.1. The van der Waals surface area contributed by atoms with Gasteiger partial charge >= 0.3 is 5.97 Å². The Morgan fingerprint density at radius 1 is 1.83 bits per heavy atom. The molecule has 0 amide bonds. The molecule has 0 spiro atoms. The minimum absolute atomic E-state index is 0.0177. The Morgan fingerprint density at radius 3 is 3.08 bits per heavy atom. The number of esters is 1. The van der Waals surface area contributed by atoms with Crippen LogP contribution in [0.25, 0.3) is 0 Å². The molecule has 12 heavy (non-hydrogen) atoms. The van der Waals surface area contributed by atoms with Gasteiger partial charge in [-0.3, -0.25) is 0 Å². The van der Waals surface area contributed by atoms with Crippen LogP contribution < -0.4 is 0 Å². The molecule has 0 saturated heterocycles. The van der Waals surface area contributed by atoms with Crippen LogP contribution in [-0.2, 0) is 4.74 Å². The third-order valence-electron chi connectivity index (χ3n) is 1.12. The SMILES string of the molecule is C#CCOC(=O)c1snnc1C. The largest absolute Gasteiger partial charge is 0.448 e. The van der Waals surface area contributed by atoms with Crippen LogP contribution in [0.15, 0.2) is 0 Å². The molecule has 0 aliphatic rings. The molecule has 0 aliphatic heterocycles. The molecule has 1 aromatic rings. The minimum Gasteiger partial charge on any atom is -0.448 e. The quantitative estimate of drug-likeness (QED) is 0.497. The third kappa shape index (κ3) is 1.80. The molecule has 0 atom stereocenters. The summed E-state index contributed by atoms with van der Waals surface area (Å²) >= 11 is 1.00. The number of aromatic nitrogens is 2. The first kappa shape index (κ1) is 8.68. The van der Waals surface area contributed by atoms with Gasteiger partial charge in [-0.15, -0.1) is 11.5 Å². The third-order valence-corrected chi connectivity index (χ3v) is 1.93. The van der Waals surface area contributed by atoms with Gasteiger partial charge in [0.2, 0.25) is 0 Å². The molecular formula is C7H6N2O2S. The molecule has 0 radical (unpaired) electrons. The summed E-state index contributed by atoms with van der Waals surface area (Å²) in [4.78, 5) is 11.5. The Kier molecular flexibility index (Phi) is 2.77. The topological polar surface area (TPSA) is 52.1 Å². The molecule has 5 heteroatoms. The first-order valence-corrected chi connectivity index (χ1v) is 3.92. The van der Waals surface area contributed by atoms with Crippen molar-refractivity contribution in [3.63, 3.8) is 0 Å². The molecular weight excluding hydrogens is 176 g/mol. The fourth-order valence-electron chi connectivity index (χ4n) is 0.592. The van der Waals surface area contributed by atoms with Gasteiger partial charge in [-0.1, -0.05) is 10.4 Å². The second-order valence-corrected chi connectivity index (χ2v) is 2.72. The maximum Gasteiger partial charge on any atom is 0.352 e. The average Bonchev–Trinajstić information content (AvgIpc) is 2.47. The second kappa shape index (κ2) is 3.83. The first-order chi connectivity index (χ1) is 5.75. The lowest BCUT2D eigenvalue weighted by Crippen LogP contribution is -2.04. The van der Waals surface area contributed by atoms with Crippen LogP contribution in [0.5, 0.6) is 0 Å². The highest BCUT2D eigenvalue weighted by Gasteiger charge is 2.13. The van der Waals surface area contributed by atoms with Crippen LogP contribution in [0.2, 0.25) is 0 Å². The van der Waals surface area contributed by atoms with Crippen LogP contribution in [0.4, 0.5) is 0 Å². The van der Waals surface area contributed by atoms with E-state index in [1.54, 1.807) is 6.92 Å². The molecule has 0 N–H and O–H groups in total. The summed E-state index contributed by atoms with van der Waals surface area (Å²) in [5.74, 6) is 1.74. The molecule has 0 aromatic carbocycles. The number of carbonyl (C=O) groups is 1. The molecule has 0 saturated carbocycles. The van der Waals surface area contributed by atoms with Gasteiger partial charge in [0, 0.05) is 0 Å². The van der Waals surface area contributed by atoms with Crippen molar-refractivity contribution in [2.75, 3.05) is 6.61 Å². The van der Waals surface area contributed by atoms with Gasteiger partial charge < -0.3 is 4.74 Å². The fraction of sp³-hybridized carbons (Fsp3) is 0.286. The summed E-state index contributed by atoms with van der Waals surface area (Å²) in [6.07, 6.45) is 4.91. The predicted octanol–water partition coefficient (Wildman–Crippen LogP) is 0.637. The van der Waals surface area contributed by atoms with E-state index in [4.69, 9.17) is 6.42 Å². The summed E-state index contributed by atoms with van der Waals surface area (Å²) in [5, 5.41) is 3.66. The van der Waals surface area contributed by atoms with Gasteiger partial charge in [0.15, 0.2) is 11.5 Å². The van der Waals surface area contributed by atoms with Crippen LogP contribution in [-0.4, -0.2) is 22.2 Å². The molecule has 62 valence electrons. The Labute approximate surface area is 73.7 Å². The van der Waals surface area contributed by atoms with Crippen molar-refractivity contribution in [3.05, 3.63) is 10.6 Å². The van der Waals surface area contributed by atoms with E-state index < -0.39 is 5.97 Å². The van der Waals surface area contributed by atoms with Crippen LogP contribution >= 0.6 is 11.5 Å². The van der Waals surface area contributed by atoms with Gasteiger partial charge in [0.1, 0.15) is 0 Å². The van der Waals surface area contributed by atoms with E-state index in [1.807, 2.05) is 0 Å². The van der Waals surface area contributed by atoms with E-state index >= 15 is 0 Å². The number of hydrogen-bond donors (Lipinski definition) is 0. The lowest BCUT2D eigenvalue weighted by atomic mass is 10.4. The van der Waals surface area contributed by atoms with Crippen LogP contribution in [0, 0.1) is 19.3 Å². The van der Waals surface area contributed by atoms with E-state index in [2.05, 4.69) is 20.2 Å². The van der Waals surface area contributed by atoms with Crippen molar-refractivity contribution in [2.24, 2.45) is 0 Å². The Morgan fingerprint density at radius 2 is 2.58 bits per heavy atom. The number of carbonyl (C=O) groups excluding carboxylic acids is 1. The van der Waals surface area contributed by atoms with Crippen molar-refractivity contribution in [1.82, 2.24) is 9.59 Å². The van der Waals surface area contributed by atoms with Crippen molar-refractivity contribution in [3.8, 4) is 12.3 Å². The summed E-state index contributed by atoms with van der Waals surface area (Å²) < 4.78 is 8.26.